The van der Waals surface area contributed by atoms with Crippen LogP contribution in [0.15, 0.2) is 30.3 Å². The fourth-order valence-corrected chi connectivity index (χ4v) is 1.06. The molecule has 0 aliphatic heterocycles. The Morgan fingerprint density at radius 3 is 3.14 bits per heavy atom. The lowest BCUT2D eigenvalue weighted by Crippen LogP contribution is -2.31. The first-order chi connectivity index (χ1) is 10.0. The molecule has 1 nitrogen and oxygen atoms in total. The zero-order valence-electron chi connectivity index (χ0n) is 15.7. The Morgan fingerprint density at radius 2 is 2.50 bits per heavy atom. The molecule has 0 saturated heterocycles. The Balaban J connectivity index is 3.31. The van der Waals surface area contributed by atoms with Crippen LogP contribution in [0.4, 0.5) is 0 Å². The number of hydrogen-bond acceptors (Lipinski definition) is 1. The maximum Gasteiger partial charge on any atom is 0.124 e. The lowest BCUT2D eigenvalue weighted by atomic mass is 10.1. The van der Waals surface area contributed by atoms with Gasteiger partial charge in [-0.05, 0) is 25.8 Å². The molecule has 1 rings (SSSR count). The monoisotopic (exact) mass is 195 g/mol. The van der Waals surface area contributed by atoms with Gasteiger partial charge in [0, 0.05) is 15.6 Å². The van der Waals surface area contributed by atoms with Crippen molar-refractivity contribution in [2.24, 2.45) is 0 Å². The second-order valence-electron chi connectivity index (χ2n) is 2.87. The molecule has 14 heavy (non-hydrogen) atoms. The molecule has 0 aromatic heterocycles. The number of terminal acetylenes is 1. The third-order valence-corrected chi connectivity index (χ3v) is 1.78. The summed E-state index contributed by atoms with van der Waals surface area (Å²) in [7, 11) is 0. The highest BCUT2D eigenvalue weighted by Gasteiger charge is 2.07. The van der Waals surface area contributed by atoms with Gasteiger partial charge < -0.3 is 0 Å². The molecule has 0 bridgehead atoms. The van der Waals surface area contributed by atoms with Crippen molar-refractivity contribution in [3.63, 3.8) is 0 Å². The van der Waals surface area contributed by atoms with Crippen molar-refractivity contribution in [1.29, 1.82) is 0 Å². The predicted molar refractivity (Wildman–Crippen MR) is 61.1 cm³/mol. The molecule has 74 valence electrons. The standard InChI is InChI=1S/C13H17N/c1-4-10-14(3)12(2)11-13-8-6-5-7-9-13/h1,5-9,12H,10-11H2,2-3H3/t12-/m1/s1/i1D,2D3,3D3,12D. The first kappa shape index (κ1) is 4.08. The summed E-state index contributed by atoms with van der Waals surface area (Å²) in [6.07, 6.45) is 1.51. The minimum Gasteiger partial charge on any atom is -0.292 e. The van der Waals surface area contributed by atoms with E-state index in [1.54, 1.807) is 36.7 Å². The van der Waals surface area contributed by atoms with Crippen LogP contribution in [0.5, 0.6) is 0 Å². The highest BCUT2D eigenvalue weighted by Crippen LogP contribution is 2.06. The van der Waals surface area contributed by atoms with Gasteiger partial charge >= 0.3 is 0 Å². The van der Waals surface area contributed by atoms with Crippen LogP contribution in [0.1, 0.15) is 23.4 Å². The van der Waals surface area contributed by atoms with Crippen molar-refractivity contribution in [2.45, 2.75) is 19.3 Å². The van der Waals surface area contributed by atoms with E-state index < -0.39 is 26.4 Å². The summed E-state index contributed by atoms with van der Waals surface area (Å²) in [4.78, 5) is 0.557. The molecule has 0 heterocycles. The average Bonchev–Trinajstić information content (AvgIpc) is 2.37. The largest absolute Gasteiger partial charge is 0.292 e. The topological polar surface area (TPSA) is 3.24 Å². The molecule has 1 heteroatoms. The fraction of sp³-hybridized carbons (Fsp3) is 0.385. The maximum absolute atomic E-state index is 8.38. The van der Waals surface area contributed by atoms with Gasteiger partial charge in [0.2, 0.25) is 0 Å². The van der Waals surface area contributed by atoms with E-state index in [0.717, 1.165) is 0 Å². The lowest BCUT2D eigenvalue weighted by Gasteiger charge is -2.22. The number of likely N-dealkylation sites (N-methyl/N-ethyl adjacent to an activating group) is 1. The number of rotatable bonds is 4. The Bertz CT molecular complexity index is 539. The van der Waals surface area contributed by atoms with Crippen LogP contribution >= 0.6 is 0 Å². The molecule has 0 aliphatic rings. The van der Waals surface area contributed by atoms with Crippen molar-refractivity contribution < 1.29 is 11.0 Å². The van der Waals surface area contributed by atoms with Crippen molar-refractivity contribution in [2.75, 3.05) is 13.5 Å². The molecule has 1 atom stereocenters. The van der Waals surface area contributed by atoms with Gasteiger partial charge in [-0.2, -0.15) is 0 Å². The van der Waals surface area contributed by atoms with Crippen LogP contribution in [0, 0.1) is 12.3 Å². The lowest BCUT2D eigenvalue weighted by molar-refractivity contribution is 0.287. The second kappa shape index (κ2) is 5.47. The summed E-state index contributed by atoms with van der Waals surface area (Å²) >= 11 is 0. The predicted octanol–water partition coefficient (Wildman–Crippen LogP) is 2.18. The fourth-order valence-electron chi connectivity index (χ4n) is 1.06. The summed E-state index contributed by atoms with van der Waals surface area (Å²) < 4.78 is 60.7. The van der Waals surface area contributed by atoms with Crippen molar-refractivity contribution in [3.05, 3.63) is 35.9 Å². The molecule has 0 saturated carbocycles. The van der Waals surface area contributed by atoms with Crippen LogP contribution in [-0.2, 0) is 6.42 Å². The Morgan fingerprint density at radius 1 is 1.64 bits per heavy atom. The molecule has 1 aromatic rings. The van der Waals surface area contributed by atoms with E-state index in [4.69, 9.17) is 11.0 Å². The average molecular weight is 195 g/mol. The van der Waals surface area contributed by atoms with Crippen molar-refractivity contribution in [3.8, 4) is 12.3 Å². The minimum atomic E-state index is -2.86. The van der Waals surface area contributed by atoms with E-state index in [1.807, 2.05) is 0 Å². The van der Waals surface area contributed by atoms with Gasteiger partial charge in [0.05, 0.1) is 6.54 Å². The van der Waals surface area contributed by atoms with Gasteiger partial charge in [-0.1, -0.05) is 36.3 Å². The van der Waals surface area contributed by atoms with Crippen LogP contribution < -0.4 is 0 Å². The number of nitrogens with zero attached hydrogens (tertiary/aromatic N) is 1. The molecule has 0 N–H and O–H groups in total. The van der Waals surface area contributed by atoms with E-state index in [0.29, 0.717) is 10.5 Å². The summed E-state index contributed by atoms with van der Waals surface area (Å²) in [5, 5.41) is 0. The van der Waals surface area contributed by atoms with Crippen LogP contribution in [-0.4, -0.2) is 24.4 Å². The smallest absolute Gasteiger partial charge is 0.124 e. The van der Waals surface area contributed by atoms with Gasteiger partial charge in [-0.3, -0.25) is 4.90 Å². The molecule has 0 unspecified atom stereocenters. The number of benzene rings is 1. The zero-order valence-corrected chi connectivity index (χ0v) is 7.75. The molecule has 0 radical (unpaired) electrons. The molecule has 0 fully saturated rings. The highest BCUT2D eigenvalue weighted by molar-refractivity contribution is 5.15. The summed E-state index contributed by atoms with van der Waals surface area (Å²) in [6, 6.07) is 6.05. The van der Waals surface area contributed by atoms with Crippen LogP contribution in [0.3, 0.4) is 0 Å². The maximum atomic E-state index is 8.38. The van der Waals surface area contributed by atoms with Gasteiger partial charge in [0.15, 0.2) is 0 Å². The number of hydrogen-bond donors (Lipinski definition) is 0. The quantitative estimate of drug-likeness (QED) is 0.666. The Labute approximate surface area is 98.0 Å². The van der Waals surface area contributed by atoms with Gasteiger partial charge in [-0.15, -0.1) is 6.40 Å². The van der Waals surface area contributed by atoms with Crippen LogP contribution in [0.2, 0.25) is 0 Å². The second-order valence-corrected chi connectivity index (χ2v) is 2.87. The molecule has 0 aliphatic carbocycles. The molecule has 0 amide bonds. The van der Waals surface area contributed by atoms with Crippen molar-refractivity contribution in [1.82, 2.24) is 4.90 Å². The molecule has 0 spiro atoms. The molecular formula is C13H17N. The molecular weight excluding hydrogens is 170 g/mol. The van der Waals surface area contributed by atoms with Crippen LogP contribution in [0.25, 0.3) is 0 Å². The highest BCUT2D eigenvalue weighted by atomic mass is 15.1. The van der Waals surface area contributed by atoms with E-state index in [1.165, 1.54) is 0 Å². The summed E-state index contributed by atoms with van der Waals surface area (Å²) in [5.41, 5.74) is 0.543. The summed E-state index contributed by atoms with van der Waals surface area (Å²) in [6.45, 7) is -6.16. The normalized spacial score (nSPS) is 24.4. The van der Waals surface area contributed by atoms with E-state index in [2.05, 4.69) is 5.92 Å². The third kappa shape index (κ3) is 3.24. The minimum absolute atomic E-state index is 0.289. The van der Waals surface area contributed by atoms with E-state index in [-0.39, 0.29) is 6.42 Å². The summed E-state index contributed by atoms with van der Waals surface area (Å²) in [5.74, 6) is 2.23. The van der Waals surface area contributed by atoms with E-state index >= 15 is 0 Å². The van der Waals surface area contributed by atoms with E-state index in [9.17, 15) is 0 Å². The SMILES string of the molecule is [2H]C#CCN(C([2H])([2H])[2H])[C@@]([2H])(Cc1ccccc1)C([2H])([2H])[2H]. The van der Waals surface area contributed by atoms with Gasteiger partial charge in [0.25, 0.3) is 0 Å². The van der Waals surface area contributed by atoms with Gasteiger partial charge in [-0.25, -0.2) is 0 Å². The zero-order chi connectivity index (χ0) is 17.0. The van der Waals surface area contributed by atoms with Crippen molar-refractivity contribution >= 4 is 0 Å². The Kier molecular flexibility index (Phi) is 1.59. The molecule has 1 aromatic carbocycles. The third-order valence-electron chi connectivity index (χ3n) is 1.78. The first-order valence-electron chi connectivity index (χ1n) is 8.23. The first-order valence-corrected chi connectivity index (χ1v) is 4.23. The Hall–Kier alpha value is -1.26. The van der Waals surface area contributed by atoms with Gasteiger partial charge in [0.1, 0.15) is 1.37 Å².